The number of hydrogen-bond donors (Lipinski definition) is 2. The largest absolute Gasteiger partial charge is 0.497 e. The first-order chi connectivity index (χ1) is 13.6. The van der Waals surface area contributed by atoms with Gasteiger partial charge in [0.25, 0.3) is 0 Å². The molecule has 1 unspecified atom stereocenters. The van der Waals surface area contributed by atoms with Crippen molar-refractivity contribution in [2.24, 2.45) is 0 Å². The van der Waals surface area contributed by atoms with E-state index in [4.69, 9.17) is 33.9 Å². The molecule has 28 heavy (non-hydrogen) atoms. The van der Waals surface area contributed by atoms with E-state index in [1.807, 2.05) is 48.6 Å². The van der Waals surface area contributed by atoms with Gasteiger partial charge in [-0.05, 0) is 47.1 Å². The lowest BCUT2D eigenvalue weighted by molar-refractivity contribution is 0.414. The summed E-state index contributed by atoms with van der Waals surface area (Å²) in [6, 6.07) is 11.9. The van der Waals surface area contributed by atoms with Gasteiger partial charge in [0.1, 0.15) is 16.1 Å². The quantitative estimate of drug-likeness (QED) is 0.386. The Morgan fingerprint density at radius 1 is 1.00 bits per heavy atom. The monoisotopic (exact) mass is 406 g/mol. The molecule has 2 N–H and O–H groups in total. The standard InChI is InChI=1S/C22H18N2O2S2/c1-4-12-8-11-16-18(15(12)5-2)17(13-6-9-14(25-3)10-7-13)19-20(26-16)23-22(28)24-21(19)27/h4-11,17H,1-2H2,3H3,(H2,23,24,27,28). The molecule has 0 amide bonds. The summed E-state index contributed by atoms with van der Waals surface area (Å²) >= 11 is 10.9. The van der Waals surface area contributed by atoms with E-state index in [1.165, 1.54) is 0 Å². The molecule has 0 spiro atoms. The van der Waals surface area contributed by atoms with Crippen LogP contribution in [0.5, 0.6) is 17.4 Å². The Morgan fingerprint density at radius 2 is 1.75 bits per heavy atom. The molecule has 0 bridgehead atoms. The van der Waals surface area contributed by atoms with Gasteiger partial charge in [0.2, 0.25) is 5.88 Å². The van der Waals surface area contributed by atoms with Crippen molar-refractivity contribution in [1.29, 1.82) is 0 Å². The molecule has 2 heterocycles. The number of fused-ring (bicyclic) bond motifs is 2. The number of aromatic amines is 2. The van der Waals surface area contributed by atoms with E-state index in [0.29, 0.717) is 15.3 Å². The van der Waals surface area contributed by atoms with Crippen LogP contribution in [0.2, 0.25) is 0 Å². The molecule has 140 valence electrons. The molecule has 4 rings (SSSR count). The second-order valence-electron chi connectivity index (χ2n) is 6.35. The Morgan fingerprint density at radius 3 is 2.39 bits per heavy atom. The van der Waals surface area contributed by atoms with Gasteiger partial charge in [-0.1, -0.05) is 55.7 Å². The first kappa shape index (κ1) is 18.4. The van der Waals surface area contributed by atoms with E-state index in [1.54, 1.807) is 7.11 Å². The van der Waals surface area contributed by atoms with Gasteiger partial charge < -0.3 is 19.4 Å². The first-order valence-corrected chi connectivity index (χ1v) is 9.49. The summed E-state index contributed by atoms with van der Waals surface area (Å²) in [5.41, 5.74) is 4.84. The molecule has 1 aliphatic rings. The summed E-state index contributed by atoms with van der Waals surface area (Å²) in [6.45, 7) is 7.94. The van der Waals surface area contributed by atoms with Crippen LogP contribution >= 0.6 is 24.4 Å². The van der Waals surface area contributed by atoms with E-state index in [9.17, 15) is 0 Å². The minimum Gasteiger partial charge on any atom is -0.497 e. The molecule has 6 heteroatoms. The highest BCUT2D eigenvalue weighted by Gasteiger charge is 2.33. The Bertz CT molecular complexity index is 1210. The van der Waals surface area contributed by atoms with Gasteiger partial charge in [0.15, 0.2) is 4.77 Å². The molecule has 2 aromatic carbocycles. The van der Waals surface area contributed by atoms with Crippen LogP contribution in [0, 0.1) is 9.41 Å². The minimum atomic E-state index is -0.159. The predicted molar refractivity (Wildman–Crippen MR) is 117 cm³/mol. The van der Waals surface area contributed by atoms with E-state index in [-0.39, 0.29) is 5.92 Å². The molecule has 4 nitrogen and oxygen atoms in total. The lowest BCUT2D eigenvalue weighted by atomic mass is 9.80. The van der Waals surface area contributed by atoms with Crippen molar-refractivity contribution in [3.05, 3.63) is 86.8 Å². The van der Waals surface area contributed by atoms with Gasteiger partial charge in [0, 0.05) is 11.5 Å². The van der Waals surface area contributed by atoms with Crippen LogP contribution in [-0.4, -0.2) is 17.1 Å². The van der Waals surface area contributed by atoms with Crippen molar-refractivity contribution in [3.63, 3.8) is 0 Å². The third-order valence-electron chi connectivity index (χ3n) is 4.89. The van der Waals surface area contributed by atoms with Crippen molar-refractivity contribution in [1.82, 2.24) is 9.97 Å². The SMILES string of the molecule is C=Cc1ccc2c(c1C=C)C(c1ccc(OC)cc1)c1c([nH]c(=S)[nH]c1=S)O2. The zero-order valence-corrected chi connectivity index (χ0v) is 16.9. The highest BCUT2D eigenvalue weighted by atomic mass is 32.1. The molecule has 0 aliphatic carbocycles. The van der Waals surface area contributed by atoms with Crippen LogP contribution in [0.3, 0.4) is 0 Å². The van der Waals surface area contributed by atoms with E-state index in [0.717, 1.165) is 39.3 Å². The number of H-pyrrole nitrogens is 2. The van der Waals surface area contributed by atoms with Crippen molar-refractivity contribution in [2.45, 2.75) is 5.92 Å². The normalized spacial score (nSPS) is 14.4. The second-order valence-corrected chi connectivity index (χ2v) is 7.16. The topological polar surface area (TPSA) is 50.0 Å². The molecule has 0 radical (unpaired) electrons. The van der Waals surface area contributed by atoms with Gasteiger partial charge in [-0.3, -0.25) is 0 Å². The van der Waals surface area contributed by atoms with Crippen LogP contribution in [-0.2, 0) is 0 Å². The van der Waals surface area contributed by atoms with E-state index in [2.05, 4.69) is 23.1 Å². The molecule has 0 fully saturated rings. The number of aromatic nitrogens is 2. The van der Waals surface area contributed by atoms with E-state index >= 15 is 0 Å². The molecule has 0 saturated heterocycles. The minimum absolute atomic E-state index is 0.159. The van der Waals surface area contributed by atoms with Crippen LogP contribution in [0.15, 0.2) is 49.6 Å². The summed E-state index contributed by atoms with van der Waals surface area (Å²) in [7, 11) is 1.65. The van der Waals surface area contributed by atoms with Crippen LogP contribution in [0.4, 0.5) is 0 Å². The third-order valence-corrected chi connectivity index (χ3v) is 5.41. The zero-order chi connectivity index (χ0) is 19.8. The lowest BCUT2D eigenvalue weighted by Crippen LogP contribution is -2.16. The van der Waals surface area contributed by atoms with Crippen molar-refractivity contribution in [2.75, 3.05) is 7.11 Å². The Kier molecular flexibility index (Phi) is 4.75. The van der Waals surface area contributed by atoms with Crippen LogP contribution in [0.1, 0.15) is 33.7 Å². The molecule has 1 atom stereocenters. The van der Waals surface area contributed by atoms with Crippen molar-refractivity contribution < 1.29 is 9.47 Å². The fourth-order valence-electron chi connectivity index (χ4n) is 3.63. The van der Waals surface area contributed by atoms with Gasteiger partial charge in [-0.15, -0.1) is 0 Å². The molecule has 0 saturated carbocycles. The Labute approximate surface area is 173 Å². The van der Waals surface area contributed by atoms with Gasteiger partial charge in [-0.25, -0.2) is 0 Å². The third kappa shape index (κ3) is 2.91. The van der Waals surface area contributed by atoms with Gasteiger partial charge >= 0.3 is 0 Å². The summed E-state index contributed by atoms with van der Waals surface area (Å²) in [5, 5.41) is 0. The number of benzene rings is 2. The zero-order valence-electron chi connectivity index (χ0n) is 15.2. The van der Waals surface area contributed by atoms with Crippen LogP contribution < -0.4 is 9.47 Å². The fourth-order valence-corrected chi connectivity index (χ4v) is 4.20. The molecule has 3 aromatic rings. The number of rotatable bonds is 4. The smallest absolute Gasteiger partial charge is 0.206 e. The van der Waals surface area contributed by atoms with Crippen molar-refractivity contribution in [3.8, 4) is 17.4 Å². The molecule has 1 aromatic heterocycles. The average molecular weight is 407 g/mol. The maximum atomic E-state index is 6.16. The van der Waals surface area contributed by atoms with Crippen molar-refractivity contribution >= 4 is 36.6 Å². The number of nitrogens with one attached hydrogen (secondary N) is 2. The van der Waals surface area contributed by atoms with E-state index < -0.39 is 0 Å². The number of methoxy groups -OCH3 is 1. The summed E-state index contributed by atoms with van der Waals surface area (Å²) < 4.78 is 12.4. The average Bonchev–Trinajstić information content (AvgIpc) is 2.71. The maximum Gasteiger partial charge on any atom is 0.206 e. The summed E-state index contributed by atoms with van der Waals surface area (Å²) in [6.07, 6.45) is 3.65. The molecular formula is C22H18N2O2S2. The number of ether oxygens (including phenoxy) is 2. The second kappa shape index (κ2) is 7.22. The molecule has 1 aliphatic heterocycles. The Hall–Kier alpha value is -2.96. The Balaban J connectivity index is 2.08. The maximum absolute atomic E-state index is 6.16. The fraction of sp³-hybridized carbons (Fsp3) is 0.0909. The highest BCUT2D eigenvalue weighted by molar-refractivity contribution is 7.72. The highest BCUT2D eigenvalue weighted by Crippen LogP contribution is 2.49. The summed E-state index contributed by atoms with van der Waals surface area (Å²) in [5.74, 6) is 1.93. The first-order valence-electron chi connectivity index (χ1n) is 8.67. The predicted octanol–water partition coefficient (Wildman–Crippen LogP) is 6.38. The number of hydrogen-bond acceptors (Lipinski definition) is 4. The molecular weight excluding hydrogens is 388 g/mol. The van der Waals surface area contributed by atoms with Gasteiger partial charge in [0.05, 0.1) is 12.7 Å². The lowest BCUT2D eigenvalue weighted by Gasteiger charge is -2.30. The van der Waals surface area contributed by atoms with Gasteiger partial charge in [-0.2, -0.15) is 0 Å². The summed E-state index contributed by atoms with van der Waals surface area (Å²) in [4.78, 5) is 6.14. The van der Waals surface area contributed by atoms with Crippen LogP contribution in [0.25, 0.3) is 12.2 Å².